The van der Waals surface area contributed by atoms with Crippen molar-refractivity contribution in [1.29, 1.82) is 0 Å². The first-order chi connectivity index (χ1) is 13.7. The molecule has 3 nitrogen and oxygen atoms in total. The Hall–Kier alpha value is -2.91. The third kappa shape index (κ3) is 4.87. The number of hydrogen-bond acceptors (Lipinski definition) is 1. The van der Waals surface area contributed by atoms with Crippen molar-refractivity contribution in [2.24, 2.45) is 0 Å². The van der Waals surface area contributed by atoms with E-state index in [1.165, 1.54) is 22.3 Å². The van der Waals surface area contributed by atoms with Crippen LogP contribution in [0.3, 0.4) is 0 Å². The van der Waals surface area contributed by atoms with Crippen LogP contribution in [0.5, 0.6) is 0 Å². The van der Waals surface area contributed by atoms with Crippen LogP contribution in [0.15, 0.2) is 78.9 Å². The minimum Gasteiger partial charge on any atom is -0.328 e. The lowest BCUT2D eigenvalue weighted by atomic mass is 9.99. The third-order valence-electron chi connectivity index (χ3n) is 5.12. The van der Waals surface area contributed by atoms with E-state index < -0.39 is 0 Å². The Morgan fingerprint density at radius 2 is 1.29 bits per heavy atom. The van der Waals surface area contributed by atoms with Crippen molar-refractivity contribution < 1.29 is 10.1 Å². The maximum atomic E-state index is 12.8. The largest absolute Gasteiger partial charge is 0.328 e. The van der Waals surface area contributed by atoms with Gasteiger partial charge in [-0.25, -0.2) is 0 Å². The van der Waals surface area contributed by atoms with Crippen molar-refractivity contribution in [3.63, 3.8) is 0 Å². The summed E-state index contributed by atoms with van der Waals surface area (Å²) in [5, 5.41) is 5.28. The normalized spacial score (nSPS) is 10.8. The quantitative estimate of drug-likeness (QED) is 0.613. The van der Waals surface area contributed by atoms with Crippen molar-refractivity contribution in [3.8, 4) is 0 Å². The number of amides is 1. The van der Waals surface area contributed by atoms with E-state index in [1.54, 1.807) is 0 Å². The smallest absolute Gasteiger partial charge is 0.279 e. The Kier molecular flexibility index (Phi) is 6.99. The SMILES string of the molecule is CCc1cccc(CC)c1NC(=O)C[NH2+]C(c1ccccc1)c1ccccc1. The van der Waals surface area contributed by atoms with Crippen molar-refractivity contribution >= 4 is 11.6 Å². The number of quaternary nitrogens is 1. The average molecular weight is 374 g/mol. The number of benzene rings is 3. The van der Waals surface area contributed by atoms with Crippen LogP contribution >= 0.6 is 0 Å². The molecule has 0 atom stereocenters. The van der Waals surface area contributed by atoms with Gasteiger partial charge in [-0.3, -0.25) is 4.79 Å². The van der Waals surface area contributed by atoms with Gasteiger partial charge in [0.1, 0.15) is 6.04 Å². The van der Waals surface area contributed by atoms with Crippen LogP contribution in [0.25, 0.3) is 0 Å². The molecule has 3 rings (SSSR count). The predicted molar refractivity (Wildman–Crippen MR) is 115 cm³/mol. The molecule has 28 heavy (non-hydrogen) atoms. The molecule has 0 saturated carbocycles. The van der Waals surface area contributed by atoms with Gasteiger partial charge in [0, 0.05) is 16.8 Å². The van der Waals surface area contributed by atoms with E-state index in [9.17, 15) is 4.79 Å². The topological polar surface area (TPSA) is 45.7 Å². The Balaban J connectivity index is 1.75. The minimum atomic E-state index is 0.0347. The molecule has 0 saturated heterocycles. The summed E-state index contributed by atoms with van der Waals surface area (Å²) >= 11 is 0. The van der Waals surface area contributed by atoms with Crippen molar-refractivity contribution in [2.75, 3.05) is 11.9 Å². The van der Waals surface area contributed by atoms with Crippen molar-refractivity contribution in [2.45, 2.75) is 32.7 Å². The van der Waals surface area contributed by atoms with Crippen LogP contribution < -0.4 is 10.6 Å². The highest BCUT2D eigenvalue weighted by Crippen LogP contribution is 2.22. The summed E-state index contributed by atoms with van der Waals surface area (Å²) in [4.78, 5) is 12.8. The number of nitrogens with two attached hydrogens (primary N) is 1. The fraction of sp³-hybridized carbons (Fsp3) is 0.240. The Labute approximate surface area is 167 Å². The Bertz CT molecular complexity index is 829. The number of nitrogens with one attached hydrogen (secondary N) is 1. The first-order valence-electron chi connectivity index (χ1n) is 10.1. The molecule has 1 amide bonds. The zero-order valence-corrected chi connectivity index (χ0v) is 16.7. The number of carbonyl (C=O) groups excluding carboxylic acids is 1. The van der Waals surface area contributed by atoms with E-state index in [0.717, 1.165) is 18.5 Å². The van der Waals surface area contributed by atoms with Crippen LogP contribution in [-0.4, -0.2) is 12.5 Å². The predicted octanol–water partition coefficient (Wildman–Crippen LogP) is 4.10. The molecule has 0 aliphatic rings. The fourth-order valence-corrected chi connectivity index (χ4v) is 3.60. The lowest BCUT2D eigenvalue weighted by Gasteiger charge is -2.18. The molecule has 3 heteroatoms. The van der Waals surface area contributed by atoms with Crippen molar-refractivity contribution in [1.82, 2.24) is 0 Å². The lowest BCUT2D eigenvalue weighted by Crippen LogP contribution is -2.87. The molecule has 0 unspecified atom stereocenters. The second-order valence-corrected chi connectivity index (χ2v) is 6.95. The number of rotatable bonds is 8. The minimum absolute atomic E-state index is 0.0347. The molecular weight excluding hydrogens is 344 g/mol. The molecule has 0 aliphatic carbocycles. The number of carbonyl (C=O) groups is 1. The number of aryl methyl sites for hydroxylation is 2. The summed E-state index contributed by atoms with van der Waals surface area (Å²) in [5.74, 6) is 0.0347. The molecule has 0 bridgehead atoms. The first-order valence-corrected chi connectivity index (χ1v) is 10.1. The second-order valence-electron chi connectivity index (χ2n) is 6.95. The lowest BCUT2D eigenvalue weighted by molar-refractivity contribution is -0.676. The van der Waals surface area contributed by atoms with Gasteiger partial charge in [-0.15, -0.1) is 0 Å². The highest BCUT2D eigenvalue weighted by molar-refractivity contribution is 5.93. The van der Waals surface area contributed by atoms with Crippen LogP contribution in [-0.2, 0) is 17.6 Å². The highest BCUT2D eigenvalue weighted by Gasteiger charge is 2.19. The standard InChI is InChI=1S/C25H28N2O/c1-3-19-16-11-17-20(4-2)25(19)27-23(28)18-26-24(21-12-7-5-8-13-21)22-14-9-6-10-15-22/h5-17,24,26H,3-4,18H2,1-2H3,(H,27,28)/p+1. The van der Waals surface area contributed by atoms with E-state index in [-0.39, 0.29) is 11.9 Å². The van der Waals surface area contributed by atoms with Gasteiger partial charge in [0.25, 0.3) is 5.91 Å². The van der Waals surface area contributed by atoms with Crippen molar-refractivity contribution in [3.05, 3.63) is 101 Å². The van der Waals surface area contributed by atoms with E-state index >= 15 is 0 Å². The zero-order valence-electron chi connectivity index (χ0n) is 16.7. The van der Waals surface area contributed by atoms with Crippen LogP contribution in [0.1, 0.15) is 42.1 Å². The molecule has 0 radical (unpaired) electrons. The molecule has 3 aromatic carbocycles. The third-order valence-corrected chi connectivity index (χ3v) is 5.12. The summed E-state index contributed by atoms with van der Waals surface area (Å²) in [7, 11) is 0. The summed E-state index contributed by atoms with van der Waals surface area (Å²) in [5.41, 5.74) is 5.77. The van der Waals surface area contributed by atoms with E-state index in [0.29, 0.717) is 6.54 Å². The first kappa shape index (κ1) is 19.8. The molecule has 3 N–H and O–H groups in total. The fourth-order valence-electron chi connectivity index (χ4n) is 3.60. The van der Waals surface area contributed by atoms with Gasteiger partial charge >= 0.3 is 0 Å². The maximum Gasteiger partial charge on any atom is 0.279 e. The average Bonchev–Trinajstić information content (AvgIpc) is 2.75. The summed E-state index contributed by atoms with van der Waals surface area (Å²) in [6.07, 6.45) is 1.81. The monoisotopic (exact) mass is 373 g/mol. The molecular formula is C25H29N2O+. The summed E-state index contributed by atoms with van der Waals surface area (Å²) in [6, 6.07) is 27.1. The van der Waals surface area contributed by atoms with Gasteiger partial charge in [-0.05, 0) is 24.0 Å². The Morgan fingerprint density at radius 1 is 0.786 bits per heavy atom. The maximum absolute atomic E-state index is 12.8. The molecule has 0 aliphatic heterocycles. The van der Waals surface area contributed by atoms with Crippen LogP contribution in [0.2, 0.25) is 0 Å². The molecule has 0 aromatic heterocycles. The number of para-hydroxylation sites is 1. The molecule has 0 heterocycles. The molecule has 3 aromatic rings. The molecule has 0 fully saturated rings. The van der Waals surface area contributed by atoms with Gasteiger partial charge in [0.05, 0.1) is 0 Å². The molecule has 144 valence electrons. The molecule has 0 spiro atoms. The van der Waals surface area contributed by atoms with Crippen LogP contribution in [0, 0.1) is 0 Å². The van der Waals surface area contributed by atoms with Gasteiger partial charge in [0.2, 0.25) is 0 Å². The number of anilines is 1. The summed E-state index contributed by atoms with van der Waals surface area (Å²) < 4.78 is 0. The second kappa shape index (κ2) is 9.86. The zero-order chi connectivity index (χ0) is 19.8. The van der Waals surface area contributed by atoms with E-state index in [4.69, 9.17) is 0 Å². The van der Waals surface area contributed by atoms with E-state index in [1.807, 2.05) is 36.4 Å². The van der Waals surface area contributed by atoms with E-state index in [2.05, 4.69) is 66.9 Å². The summed E-state index contributed by atoms with van der Waals surface area (Å²) in [6.45, 7) is 4.62. The van der Waals surface area contributed by atoms with Gasteiger partial charge in [-0.2, -0.15) is 0 Å². The van der Waals surface area contributed by atoms with Gasteiger partial charge in [-0.1, -0.05) is 92.7 Å². The van der Waals surface area contributed by atoms with Gasteiger partial charge < -0.3 is 10.6 Å². The van der Waals surface area contributed by atoms with Gasteiger partial charge in [0.15, 0.2) is 6.54 Å². The Morgan fingerprint density at radius 3 is 1.75 bits per heavy atom. The number of hydrogen-bond donors (Lipinski definition) is 2. The highest BCUT2D eigenvalue weighted by atomic mass is 16.1. The van der Waals surface area contributed by atoms with Crippen LogP contribution in [0.4, 0.5) is 5.69 Å².